The Bertz CT molecular complexity index is 1640. The van der Waals surface area contributed by atoms with Crippen molar-refractivity contribution < 1.29 is 24.1 Å². The minimum absolute atomic E-state index is 0.292. The van der Waals surface area contributed by atoms with E-state index in [1.807, 2.05) is 70.4 Å². The first-order chi connectivity index (χ1) is 23.6. The summed E-state index contributed by atoms with van der Waals surface area (Å²) in [6.07, 6.45) is 11.6. The number of aliphatic hydroxyl groups excluding tert-OH is 1. The Morgan fingerprint density at radius 3 is 2.20 bits per heavy atom. The van der Waals surface area contributed by atoms with Crippen LogP contribution in [0.2, 0.25) is 0 Å². The van der Waals surface area contributed by atoms with Crippen LogP contribution >= 0.6 is 0 Å². The first kappa shape index (κ1) is 41.8. The highest BCUT2D eigenvalue weighted by Crippen LogP contribution is 2.30. The minimum Gasteiger partial charge on any atom is -0.508 e. The number of methoxy groups -OCH3 is 3. The van der Waals surface area contributed by atoms with E-state index in [4.69, 9.17) is 19.3 Å². The Morgan fingerprint density at radius 1 is 1.00 bits per heavy atom. The number of aryl methyl sites for hydroxylation is 1. The molecule has 3 aromatic heterocycles. The Balaban J connectivity index is 0.000000553. The van der Waals surface area contributed by atoms with Gasteiger partial charge in [-0.15, -0.1) is 0 Å². The van der Waals surface area contributed by atoms with E-state index in [0.29, 0.717) is 23.7 Å². The topological polar surface area (TPSA) is 113 Å². The maximum atomic E-state index is 9.15. The van der Waals surface area contributed by atoms with E-state index in [1.165, 1.54) is 28.6 Å². The summed E-state index contributed by atoms with van der Waals surface area (Å²) >= 11 is 0. The van der Waals surface area contributed by atoms with Crippen molar-refractivity contribution in [3.05, 3.63) is 120 Å². The van der Waals surface area contributed by atoms with Crippen molar-refractivity contribution in [3.8, 4) is 11.5 Å². The third-order valence-electron chi connectivity index (χ3n) is 7.09. The van der Waals surface area contributed by atoms with Gasteiger partial charge >= 0.3 is 0 Å². The number of rotatable bonds is 13. The van der Waals surface area contributed by atoms with Gasteiger partial charge in [-0.3, -0.25) is 4.98 Å². The molecule has 0 saturated carbocycles. The number of nitrogens with zero attached hydrogens (tertiary/aromatic N) is 4. The van der Waals surface area contributed by atoms with Crippen LogP contribution in [0, 0.1) is 13.8 Å². The summed E-state index contributed by atoms with van der Waals surface area (Å²) in [5.74, 6) is 3.84. The molecule has 0 amide bonds. The molecule has 0 aliphatic rings. The van der Waals surface area contributed by atoms with Crippen molar-refractivity contribution >= 4 is 16.9 Å². The number of pyridine rings is 1. The van der Waals surface area contributed by atoms with Crippen LogP contribution in [0.1, 0.15) is 63.4 Å². The fraction of sp³-hybridized carbons (Fsp3) is 0.359. The lowest BCUT2D eigenvalue weighted by atomic mass is 10.1. The zero-order valence-electron chi connectivity index (χ0n) is 31.0. The molecule has 0 bridgehead atoms. The van der Waals surface area contributed by atoms with Crippen molar-refractivity contribution in [1.29, 1.82) is 0 Å². The van der Waals surface area contributed by atoms with E-state index in [2.05, 4.69) is 62.6 Å². The van der Waals surface area contributed by atoms with Gasteiger partial charge in [0.1, 0.15) is 23.6 Å². The molecule has 0 atom stereocenters. The highest BCUT2D eigenvalue weighted by Gasteiger charge is 2.16. The highest BCUT2D eigenvalue weighted by atomic mass is 16.5. The number of ether oxygens (including phenoxy) is 4. The maximum absolute atomic E-state index is 9.15. The number of aromatic nitrogens is 4. The van der Waals surface area contributed by atoms with Crippen LogP contribution in [0.25, 0.3) is 11.0 Å². The van der Waals surface area contributed by atoms with Crippen molar-refractivity contribution in [2.24, 2.45) is 0 Å². The second-order valence-electron chi connectivity index (χ2n) is 10.3. The number of hydrogen-bond acceptors (Lipinski definition) is 9. The monoisotopic (exact) mass is 673 g/mol. The molecule has 266 valence electrons. The van der Waals surface area contributed by atoms with Crippen molar-refractivity contribution in [2.45, 2.75) is 67.9 Å². The molecule has 4 aromatic rings. The summed E-state index contributed by atoms with van der Waals surface area (Å²) < 4.78 is 22.5. The molecule has 0 fully saturated rings. The van der Waals surface area contributed by atoms with Crippen LogP contribution in [0.5, 0.6) is 11.5 Å². The number of hydrogen-bond donors (Lipinski definition) is 2. The summed E-state index contributed by atoms with van der Waals surface area (Å²) in [5.41, 5.74) is 5.68. The Kier molecular flexibility index (Phi) is 19.7. The molecule has 0 aliphatic carbocycles. The van der Waals surface area contributed by atoms with Crippen LogP contribution in [0.3, 0.4) is 0 Å². The second-order valence-corrected chi connectivity index (χ2v) is 10.3. The van der Waals surface area contributed by atoms with Crippen LogP contribution in [0.15, 0.2) is 97.9 Å². The molecular formula is C39H55N5O5. The van der Waals surface area contributed by atoms with Gasteiger partial charge in [0.05, 0.1) is 38.7 Å². The molecular weight excluding hydrogens is 618 g/mol. The molecule has 1 aromatic carbocycles. The van der Waals surface area contributed by atoms with Gasteiger partial charge in [0.25, 0.3) is 0 Å². The lowest BCUT2D eigenvalue weighted by Gasteiger charge is -2.11. The predicted octanol–water partition coefficient (Wildman–Crippen LogP) is 9.26. The van der Waals surface area contributed by atoms with Crippen LogP contribution in [-0.4, -0.2) is 52.5 Å². The number of benzene rings is 1. The fourth-order valence-corrected chi connectivity index (χ4v) is 4.58. The summed E-state index contributed by atoms with van der Waals surface area (Å²) in [6.45, 7) is 22.0. The summed E-state index contributed by atoms with van der Waals surface area (Å²) in [7, 11) is 4.84. The van der Waals surface area contributed by atoms with Crippen LogP contribution in [0.4, 0.5) is 5.82 Å². The standard InChI is InChI=1S/C24H27N5O2.C8H14O2.C5H8O.C2H6/c1-16-17(2)29(14-19-7-10-25-11-8-19)24-22(16)23(27-15-28-24)26-12-9-18-5-6-20(30-3)21(13-18)31-4;1-4-6-8(10-3)7(9)5-2;1-4-6-5(2)3;1-2/h5-8,10-11,13,15H,9,12,14H2,1-4H3,(H,26,27,28);4,6,9H,5H2,1-3H3;4H,1-2H2,3H3;1-2H3/b;6-4-,8-7-;;. The van der Waals surface area contributed by atoms with Gasteiger partial charge in [0.2, 0.25) is 0 Å². The van der Waals surface area contributed by atoms with Gasteiger partial charge in [0.15, 0.2) is 17.3 Å². The van der Waals surface area contributed by atoms with Gasteiger partial charge in [-0.1, -0.05) is 46.1 Å². The fourth-order valence-electron chi connectivity index (χ4n) is 4.58. The quantitative estimate of drug-likeness (QED) is 0.106. The smallest absolute Gasteiger partial charge is 0.160 e. The van der Waals surface area contributed by atoms with Gasteiger partial charge in [0, 0.05) is 37.6 Å². The van der Waals surface area contributed by atoms with E-state index in [0.717, 1.165) is 47.9 Å². The molecule has 4 rings (SSSR count). The van der Waals surface area contributed by atoms with E-state index >= 15 is 0 Å². The maximum Gasteiger partial charge on any atom is 0.160 e. The summed E-state index contributed by atoms with van der Waals surface area (Å²) in [5, 5.41) is 13.7. The van der Waals surface area contributed by atoms with Crippen molar-refractivity contribution in [1.82, 2.24) is 19.5 Å². The summed E-state index contributed by atoms with van der Waals surface area (Å²) in [6, 6.07) is 10.1. The number of aliphatic hydroxyl groups is 1. The molecule has 0 spiro atoms. The zero-order valence-corrected chi connectivity index (χ0v) is 31.0. The van der Waals surface area contributed by atoms with Crippen LogP contribution in [-0.2, 0) is 22.4 Å². The molecule has 2 N–H and O–H groups in total. The highest BCUT2D eigenvalue weighted by molar-refractivity contribution is 5.92. The lowest BCUT2D eigenvalue weighted by molar-refractivity contribution is 0.263. The largest absolute Gasteiger partial charge is 0.508 e. The zero-order chi connectivity index (χ0) is 36.8. The van der Waals surface area contributed by atoms with Crippen molar-refractivity contribution in [3.63, 3.8) is 0 Å². The van der Waals surface area contributed by atoms with Gasteiger partial charge in [-0.25, -0.2) is 9.97 Å². The lowest BCUT2D eigenvalue weighted by Crippen LogP contribution is -2.08. The predicted molar refractivity (Wildman–Crippen MR) is 201 cm³/mol. The molecule has 49 heavy (non-hydrogen) atoms. The summed E-state index contributed by atoms with van der Waals surface area (Å²) in [4.78, 5) is 13.2. The van der Waals surface area contributed by atoms with Gasteiger partial charge in [-0.05, 0) is 81.1 Å². The van der Waals surface area contributed by atoms with Gasteiger partial charge in [-0.2, -0.15) is 0 Å². The van der Waals surface area contributed by atoms with E-state index < -0.39 is 0 Å². The van der Waals surface area contributed by atoms with E-state index in [9.17, 15) is 0 Å². The van der Waals surface area contributed by atoms with Crippen LogP contribution < -0.4 is 14.8 Å². The average Bonchev–Trinajstić information content (AvgIpc) is 3.37. The molecule has 0 unspecified atom stereocenters. The third kappa shape index (κ3) is 13.1. The Hall–Kier alpha value is -5.25. The average molecular weight is 674 g/mol. The number of nitrogens with one attached hydrogen (secondary N) is 1. The molecule has 0 radical (unpaired) electrons. The van der Waals surface area contributed by atoms with Gasteiger partial charge < -0.3 is 33.9 Å². The molecule has 10 nitrogen and oxygen atoms in total. The van der Waals surface area contributed by atoms with E-state index in [1.54, 1.807) is 40.7 Å². The number of allylic oxidation sites excluding steroid dienone is 4. The molecule has 0 aliphatic heterocycles. The first-order valence-corrected chi connectivity index (χ1v) is 16.3. The molecule has 3 heterocycles. The Morgan fingerprint density at radius 2 is 1.67 bits per heavy atom. The number of anilines is 1. The molecule has 10 heteroatoms. The second kappa shape index (κ2) is 23.1. The first-order valence-electron chi connectivity index (χ1n) is 16.3. The number of fused-ring (bicyclic) bond motifs is 1. The van der Waals surface area contributed by atoms with E-state index in [-0.39, 0.29) is 0 Å². The third-order valence-corrected chi connectivity index (χ3v) is 7.09. The minimum atomic E-state index is 0.292. The van der Waals surface area contributed by atoms with Crippen molar-refractivity contribution in [2.75, 3.05) is 33.2 Å². The Labute approximate surface area is 292 Å². The SMILES string of the molecule is C/C=C\C(OC)=C(\O)CC.C=COC(=C)C.CC.COc1ccc(CCNc2ncnc3c2c(C)c(C)n3Cc2ccncc2)cc1OC. The normalized spacial score (nSPS) is 10.7. The molecule has 0 saturated heterocycles.